The number of nitrogens with zero attached hydrogens (tertiary/aromatic N) is 2. The molecule has 1 aromatic rings. The molecule has 0 aromatic heterocycles. The number of piperidine rings is 2. The van der Waals surface area contributed by atoms with Gasteiger partial charge in [-0.2, -0.15) is 0 Å². The molecule has 3 saturated heterocycles. The lowest BCUT2D eigenvalue weighted by molar-refractivity contribution is -0.222. The number of nitrogens with one attached hydrogen (secondary N) is 1. The van der Waals surface area contributed by atoms with Crippen molar-refractivity contribution in [3.05, 3.63) is 41.1 Å². The van der Waals surface area contributed by atoms with Crippen LogP contribution in [-0.2, 0) is 19.1 Å². The maximum absolute atomic E-state index is 13.5. The van der Waals surface area contributed by atoms with Crippen LogP contribution < -0.4 is 5.32 Å². The fourth-order valence-electron chi connectivity index (χ4n) is 5.02. The van der Waals surface area contributed by atoms with Gasteiger partial charge >= 0.3 is 11.9 Å². The van der Waals surface area contributed by atoms with Gasteiger partial charge in [0.2, 0.25) is 0 Å². The summed E-state index contributed by atoms with van der Waals surface area (Å²) in [6.07, 6.45) is 7.13. The van der Waals surface area contributed by atoms with Crippen LogP contribution in [0, 0.1) is 0 Å². The van der Waals surface area contributed by atoms with Gasteiger partial charge in [0.25, 0.3) is 17.6 Å². The lowest BCUT2D eigenvalue weighted by atomic mass is 9.99. The fourth-order valence-corrected chi connectivity index (χ4v) is 5.02. The highest BCUT2D eigenvalue weighted by molar-refractivity contribution is 6.15. The largest absolute Gasteiger partial charge is 0.419 e. The second-order valence-electron chi connectivity index (χ2n) is 10.4. The first-order chi connectivity index (χ1) is 17.1. The summed E-state index contributed by atoms with van der Waals surface area (Å²) >= 11 is 0. The zero-order chi connectivity index (χ0) is 26.0. The summed E-state index contributed by atoms with van der Waals surface area (Å²) < 4.78 is 10.3. The first-order valence-electron chi connectivity index (χ1n) is 12.8. The van der Waals surface area contributed by atoms with E-state index in [1.54, 1.807) is 18.2 Å². The van der Waals surface area contributed by atoms with E-state index in [0.29, 0.717) is 29.9 Å². The van der Waals surface area contributed by atoms with Crippen molar-refractivity contribution in [2.45, 2.75) is 84.1 Å². The van der Waals surface area contributed by atoms with Crippen molar-refractivity contribution in [1.29, 1.82) is 0 Å². The predicted molar refractivity (Wildman–Crippen MR) is 133 cm³/mol. The molecule has 0 spiro atoms. The fraction of sp³-hybridized carbons (Fsp3) is 0.556. The van der Waals surface area contributed by atoms with Gasteiger partial charge in [0.15, 0.2) is 5.57 Å². The third-order valence-corrected chi connectivity index (χ3v) is 7.05. The van der Waals surface area contributed by atoms with Crippen LogP contribution in [0.5, 0.6) is 0 Å². The van der Waals surface area contributed by atoms with E-state index in [9.17, 15) is 19.2 Å². The Bertz CT molecular complexity index is 1020. The third-order valence-electron chi connectivity index (χ3n) is 7.05. The van der Waals surface area contributed by atoms with E-state index < -0.39 is 17.7 Å². The third kappa shape index (κ3) is 5.55. The summed E-state index contributed by atoms with van der Waals surface area (Å²) in [5.41, 5.74) is 0.884. The first kappa shape index (κ1) is 25.7. The first-order valence-corrected chi connectivity index (χ1v) is 12.8. The Morgan fingerprint density at radius 1 is 0.861 bits per heavy atom. The Morgan fingerprint density at radius 3 is 1.78 bits per heavy atom. The van der Waals surface area contributed by atoms with Gasteiger partial charge in [0.1, 0.15) is 0 Å². The Labute approximate surface area is 211 Å². The molecule has 194 valence electrons. The molecule has 4 rings (SSSR count). The van der Waals surface area contributed by atoms with E-state index in [1.165, 1.54) is 20.0 Å². The number of esters is 2. The standard InChI is InChI=1S/C27H35N3O6/c1-17-9-5-7-11-29(17)23(31)19-13-20(24(32)30-12-8-6-10-18(30)2)15-21(14-19)28-16-22-25(33)35-27(3,4)36-26(22)34/h13-18,28H,5-12H2,1-4H3. The van der Waals surface area contributed by atoms with Gasteiger partial charge in [-0.05, 0) is 70.6 Å². The molecule has 1 aromatic carbocycles. The smallest absolute Gasteiger partial charge is 0.350 e. The number of rotatable bonds is 4. The lowest BCUT2D eigenvalue weighted by Gasteiger charge is -2.34. The quantitative estimate of drug-likeness (QED) is 0.383. The molecule has 3 heterocycles. The molecule has 0 radical (unpaired) electrons. The number of benzene rings is 1. The number of cyclic esters (lactones) is 2. The number of hydrogen-bond donors (Lipinski definition) is 1. The van der Waals surface area contributed by atoms with Crippen LogP contribution >= 0.6 is 0 Å². The van der Waals surface area contributed by atoms with Gasteiger partial charge in [-0.25, -0.2) is 9.59 Å². The minimum atomic E-state index is -1.34. The van der Waals surface area contributed by atoms with Crippen molar-refractivity contribution in [1.82, 2.24) is 9.80 Å². The Balaban J connectivity index is 1.66. The van der Waals surface area contributed by atoms with Crippen LogP contribution in [0.15, 0.2) is 30.0 Å². The maximum atomic E-state index is 13.5. The summed E-state index contributed by atoms with van der Waals surface area (Å²) in [5, 5.41) is 2.92. The van der Waals surface area contributed by atoms with Crippen LogP contribution in [0.25, 0.3) is 0 Å². The van der Waals surface area contributed by atoms with Gasteiger partial charge in [-0.15, -0.1) is 0 Å². The van der Waals surface area contributed by atoms with Crippen molar-refractivity contribution in [3.63, 3.8) is 0 Å². The van der Waals surface area contributed by atoms with E-state index in [1.807, 2.05) is 23.6 Å². The molecule has 2 amide bonds. The van der Waals surface area contributed by atoms with Crippen LogP contribution in [0.3, 0.4) is 0 Å². The summed E-state index contributed by atoms with van der Waals surface area (Å²) in [6, 6.07) is 5.15. The number of carbonyl (C=O) groups excluding carboxylic acids is 4. The monoisotopic (exact) mass is 497 g/mol. The maximum Gasteiger partial charge on any atom is 0.350 e. The van der Waals surface area contributed by atoms with Gasteiger partial charge < -0.3 is 24.6 Å². The van der Waals surface area contributed by atoms with Crippen molar-refractivity contribution < 1.29 is 28.7 Å². The summed E-state index contributed by atoms with van der Waals surface area (Å²) in [6.45, 7) is 8.36. The average molecular weight is 498 g/mol. The number of ether oxygens (including phenoxy) is 2. The molecule has 9 nitrogen and oxygen atoms in total. The van der Waals surface area contributed by atoms with Crippen LogP contribution in [0.1, 0.15) is 86.9 Å². The van der Waals surface area contributed by atoms with Crippen molar-refractivity contribution in [2.24, 2.45) is 0 Å². The Hall–Kier alpha value is -3.36. The van der Waals surface area contributed by atoms with Crippen molar-refractivity contribution in [2.75, 3.05) is 18.4 Å². The van der Waals surface area contributed by atoms with Crippen LogP contribution in [0.4, 0.5) is 5.69 Å². The Kier molecular flexibility index (Phi) is 7.38. The number of hydrogen-bond acceptors (Lipinski definition) is 7. The molecule has 2 unspecified atom stereocenters. The van der Waals surface area contributed by atoms with E-state index in [0.717, 1.165) is 38.5 Å². The molecule has 0 bridgehead atoms. The van der Waals surface area contributed by atoms with E-state index >= 15 is 0 Å². The predicted octanol–water partition coefficient (Wildman–Crippen LogP) is 3.85. The summed E-state index contributed by atoms with van der Waals surface area (Å²) in [4.78, 5) is 55.3. The molecule has 0 aliphatic carbocycles. The summed E-state index contributed by atoms with van der Waals surface area (Å²) in [7, 11) is 0. The highest BCUT2D eigenvalue weighted by atomic mass is 16.7. The zero-order valence-electron chi connectivity index (χ0n) is 21.5. The molecule has 9 heteroatoms. The van der Waals surface area contributed by atoms with Gasteiger partial charge in [0.05, 0.1) is 0 Å². The second-order valence-corrected chi connectivity index (χ2v) is 10.4. The van der Waals surface area contributed by atoms with Crippen LogP contribution in [-0.4, -0.2) is 64.5 Å². The number of amides is 2. The molecule has 36 heavy (non-hydrogen) atoms. The number of carbonyl (C=O) groups is 4. The molecular weight excluding hydrogens is 462 g/mol. The number of likely N-dealkylation sites (tertiary alicyclic amines) is 2. The SMILES string of the molecule is CC1CCCCN1C(=O)c1cc(NC=C2C(=O)OC(C)(C)OC2=O)cc(C(=O)N2CCCCC2C)c1. The minimum Gasteiger partial charge on any atom is -0.419 e. The second kappa shape index (κ2) is 10.3. The van der Waals surface area contributed by atoms with E-state index in [2.05, 4.69) is 5.32 Å². The molecule has 3 fully saturated rings. The van der Waals surface area contributed by atoms with Crippen molar-refractivity contribution in [3.8, 4) is 0 Å². The molecular formula is C27H35N3O6. The highest BCUT2D eigenvalue weighted by Gasteiger charge is 2.39. The molecule has 3 aliphatic rings. The van der Waals surface area contributed by atoms with Gasteiger partial charge in [-0.1, -0.05) is 0 Å². The lowest BCUT2D eigenvalue weighted by Crippen LogP contribution is -2.43. The minimum absolute atomic E-state index is 0.112. The summed E-state index contributed by atoms with van der Waals surface area (Å²) in [5.74, 6) is -3.24. The van der Waals surface area contributed by atoms with Crippen molar-refractivity contribution >= 4 is 29.4 Å². The molecule has 0 saturated carbocycles. The topological polar surface area (TPSA) is 105 Å². The molecule has 3 aliphatic heterocycles. The number of anilines is 1. The van der Waals surface area contributed by atoms with E-state index in [4.69, 9.17) is 9.47 Å². The highest BCUT2D eigenvalue weighted by Crippen LogP contribution is 2.26. The van der Waals surface area contributed by atoms with Crippen LogP contribution in [0.2, 0.25) is 0 Å². The average Bonchev–Trinajstić information content (AvgIpc) is 2.82. The Morgan fingerprint density at radius 2 is 1.33 bits per heavy atom. The van der Waals surface area contributed by atoms with Gasteiger partial charge in [0, 0.05) is 62.0 Å². The molecule has 2 atom stereocenters. The normalized spacial score (nSPS) is 24.1. The van der Waals surface area contributed by atoms with Gasteiger partial charge in [-0.3, -0.25) is 9.59 Å². The zero-order valence-corrected chi connectivity index (χ0v) is 21.5. The van der Waals surface area contributed by atoms with E-state index in [-0.39, 0.29) is 29.5 Å². The molecule has 1 N–H and O–H groups in total.